The number of hydrogen-bond donors (Lipinski definition) is 1. The van der Waals surface area contributed by atoms with Gasteiger partial charge in [0.25, 0.3) is 11.5 Å². The van der Waals surface area contributed by atoms with Crippen LogP contribution in [0.15, 0.2) is 118 Å². The van der Waals surface area contributed by atoms with E-state index < -0.39 is 6.04 Å². The highest BCUT2D eigenvalue weighted by Crippen LogP contribution is 2.33. The lowest BCUT2D eigenvalue weighted by molar-refractivity contribution is -0.113. The van der Waals surface area contributed by atoms with E-state index in [1.54, 1.807) is 11.7 Å². The maximum atomic E-state index is 14.4. The van der Waals surface area contributed by atoms with Crippen LogP contribution in [0.5, 0.6) is 5.75 Å². The molecular formula is C38H31N3O3S. The molecule has 6 aromatic rings. The predicted molar refractivity (Wildman–Crippen MR) is 183 cm³/mol. The Labute approximate surface area is 264 Å². The fraction of sp³-hybridized carbons (Fsp3) is 0.132. The first-order valence-electron chi connectivity index (χ1n) is 14.8. The quantitative estimate of drug-likeness (QED) is 0.219. The lowest BCUT2D eigenvalue weighted by atomic mass is 9.94. The monoisotopic (exact) mass is 609 g/mol. The topological polar surface area (TPSA) is 72.7 Å². The molecule has 1 aliphatic rings. The fourth-order valence-electron chi connectivity index (χ4n) is 6.19. The molecule has 0 unspecified atom stereocenters. The molecule has 1 aromatic heterocycles. The zero-order chi connectivity index (χ0) is 31.2. The van der Waals surface area contributed by atoms with Crippen molar-refractivity contribution in [3.63, 3.8) is 0 Å². The van der Waals surface area contributed by atoms with Gasteiger partial charge in [0.15, 0.2) is 4.80 Å². The summed E-state index contributed by atoms with van der Waals surface area (Å²) in [5.41, 5.74) is 5.37. The number of rotatable bonds is 5. The minimum absolute atomic E-state index is 0.194. The molecule has 2 heterocycles. The normalized spacial score (nSPS) is 14.8. The van der Waals surface area contributed by atoms with Crippen LogP contribution >= 0.6 is 11.3 Å². The Kier molecular flexibility index (Phi) is 7.18. The number of allylic oxidation sites excluding steroid dienone is 1. The van der Waals surface area contributed by atoms with Crippen molar-refractivity contribution in [1.29, 1.82) is 0 Å². The number of anilines is 1. The molecule has 0 radical (unpaired) electrons. The lowest BCUT2D eigenvalue weighted by Gasteiger charge is -2.25. The van der Waals surface area contributed by atoms with E-state index in [0.717, 1.165) is 49.5 Å². The van der Waals surface area contributed by atoms with E-state index in [9.17, 15) is 9.59 Å². The first kappa shape index (κ1) is 28.5. The number of fused-ring (bicyclic) bond motifs is 3. The molecule has 1 atom stereocenters. The van der Waals surface area contributed by atoms with Crippen molar-refractivity contribution < 1.29 is 9.53 Å². The highest BCUT2D eigenvalue weighted by Gasteiger charge is 2.32. The van der Waals surface area contributed by atoms with E-state index >= 15 is 0 Å². The number of benzene rings is 5. The Bertz CT molecular complexity index is 2310. The second-order valence-electron chi connectivity index (χ2n) is 11.4. The van der Waals surface area contributed by atoms with Crippen molar-refractivity contribution in [2.75, 3.05) is 12.4 Å². The summed E-state index contributed by atoms with van der Waals surface area (Å²) in [7, 11) is 1.61. The molecule has 0 fully saturated rings. The Balaban J connectivity index is 1.43. The van der Waals surface area contributed by atoms with E-state index in [2.05, 4.69) is 35.6 Å². The van der Waals surface area contributed by atoms with E-state index in [1.807, 2.05) is 93.6 Å². The molecule has 45 heavy (non-hydrogen) atoms. The van der Waals surface area contributed by atoms with Crippen molar-refractivity contribution in [3.05, 3.63) is 150 Å². The summed E-state index contributed by atoms with van der Waals surface area (Å²) < 4.78 is 7.62. The SMILES string of the molecule is COc1ccc([C@H]2C(C(=O)Nc3ccc(C)cc3C)=C(C)N=c3s/c(=C/c4c5ccccc5cc5ccccc45)c(=O)n32)cc1. The second-order valence-corrected chi connectivity index (χ2v) is 12.4. The number of hydrogen-bond acceptors (Lipinski definition) is 5. The average molecular weight is 610 g/mol. The minimum atomic E-state index is -0.677. The molecular weight excluding hydrogens is 579 g/mol. The number of amides is 1. The molecule has 1 amide bonds. The van der Waals surface area contributed by atoms with Gasteiger partial charge in [0.2, 0.25) is 0 Å². The Hall–Kier alpha value is -5.27. The van der Waals surface area contributed by atoms with Gasteiger partial charge in [-0.3, -0.25) is 14.2 Å². The molecule has 7 rings (SSSR count). The standard InChI is InChI=1S/C38H31N3O3S/c1-22-13-18-32(23(2)19-22)40-36(42)34-24(3)39-38-41(35(34)25-14-16-28(44-4)17-15-25)37(43)33(45-38)21-31-29-11-7-5-9-26(29)20-27-10-6-8-12-30(27)31/h5-21,35H,1-4H3,(H,40,42)/b33-21+/t35-/m0/s1. The van der Waals surface area contributed by atoms with Crippen LogP contribution in [0.25, 0.3) is 27.6 Å². The largest absolute Gasteiger partial charge is 0.497 e. The molecule has 0 bridgehead atoms. The molecule has 0 saturated heterocycles. The van der Waals surface area contributed by atoms with Crippen LogP contribution < -0.4 is 24.9 Å². The molecule has 222 valence electrons. The number of aryl methyl sites for hydroxylation is 2. The highest BCUT2D eigenvalue weighted by atomic mass is 32.1. The maximum absolute atomic E-state index is 14.4. The number of methoxy groups -OCH3 is 1. The molecule has 1 aliphatic heterocycles. The molecule has 0 saturated carbocycles. The third-order valence-corrected chi connectivity index (χ3v) is 9.40. The zero-order valence-electron chi connectivity index (χ0n) is 25.4. The lowest BCUT2D eigenvalue weighted by Crippen LogP contribution is -2.40. The van der Waals surface area contributed by atoms with E-state index in [-0.39, 0.29) is 11.5 Å². The van der Waals surface area contributed by atoms with Crippen LogP contribution in [-0.4, -0.2) is 17.6 Å². The van der Waals surface area contributed by atoms with Crippen LogP contribution in [0.1, 0.15) is 35.2 Å². The number of thiazole rings is 1. The zero-order valence-corrected chi connectivity index (χ0v) is 26.2. The van der Waals surface area contributed by atoms with Crippen LogP contribution in [0.4, 0.5) is 5.69 Å². The van der Waals surface area contributed by atoms with Crippen molar-refractivity contribution in [3.8, 4) is 5.75 Å². The van der Waals surface area contributed by atoms with Gasteiger partial charge in [-0.2, -0.15) is 0 Å². The van der Waals surface area contributed by atoms with Gasteiger partial charge in [-0.25, -0.2) is 4.99 Å². The molecule has 0 aliphatic carbocycles. The summed E-state index contributed by atoms with van der Waals surface area (Å²) in [6, 6.07) is 31.4. The molecule has 6 nitrogen and oxygen atoms in total. The number of carbonyl (C=O) groups is 1. The van der Waals surface area contributed by atoms with Crippen LogP contribution in [0.2, 0.25) is 0 Å². The van der Waals surface area contributed by atoms with Crippen molar-refractivity contribution in [2.24, 2.45) is 4.99 Å². The highest BCUT2D eigenvalue weighted by molar-refractivity contribution is 7.07. The minimum Gasteiger partial charge on any atom is -0.497 e. The Morgan fingerprint density at radius 2 is 1.56 bits per heavy atom. The Morgan fingerprint density at radius 3 is 2.20 bits per heavy atom. The summed E-state index contributed by atoms with van der Waals surface area (Å²) in [4.78, 5) is 33.9. The molecule has 1 N–H and O–H groups in total. The van der Waals surface area contributed by atoms with Gasteiger partial charge < -0.3 is 10.1 Å². The first-order chi connectivity index (χ1) is 21.8. The number of ether oxygens (including phenoxy) is 1. The summed E-state index contributed by atoms with van der Waals surface area (Å²) in [6.07, 6.45) is 1.98. The van der Waals surface area contributed by atoms with Crippen molar-refractivity contribution in [1.82, 2.24) is 4.57 Å². The second kappa shape index (κ2) is 11.3. The number of nitrogens with zero attached hydrogens (tertiary/aromatic N) is 2. The Morgan fingerprint density at radius 1 is 0.889 bits per heavy atom. The van der Waals surface area contributed by atoms with E-state index in [0.29, 0.717) is 26.4 Å². The summed E-state index contributed by atoms with van der Waals surface area (Å²) in [6.45, 7) is 5.82. The average Bonchev–Trinajstić information content (AvgIpc) is 3.35. The maximum Gasteiger partial charge on any atom is 0.271 e. The van der Waals surface area contributed by atoms with Gasteiger partial charge in [0.05, 0.1) is 29.0 Å². The van der Waals surface area contributed by atoms with E-state index in [1.165, 1.54) is 11.3 Å². The summed E-state index contributed by atoms with van der Waals surface area (Å²) >= 11 is 1.34. The fourth-order valence-corrected chi connectivity index (χ4v) is 7.22. The van der Waals surface area contributed by atoms with Crippen molar-refractivity contribution in [2.45, 2.75) is 26.8 Å². The molecule has 5 aromatic carbocycles. The number of carbonyl (C=O) groups excluding carboxylic acids is 1. The van der Waals surface area contributed by atoms with Gasteiger partial charge >= 0.3 is 0 Å². The van der Waals surface area contributed by atoms with Crippen LogP contribution in [0.3, 0.4) is 0 Å². The number of aromatic nitrogens is 1. The molecule has 0 spiro atoms. The third kappa shape index (κ3) is 5.05. The third-order valence-electron chi connectivity index (χ3n) is 8.42. The first-order valence-corrected chi connectivity index (χ1v) is 15.6. The van der Waals surface area contributed by atoms with Gasteiger partial charge in [0, 0.05) is 5.69 Å². The van der Waals surface area contributed by atoms with Crippen LogP contribution in [0, 0.1) is 13.8 Å². The van der Waals surface area contributed by atoms with Crippen molar-refractivity contribution >= 4 is 50.6 Å². The summed E-state index contributed by atoms with van der Waals surface area (Å²) in [5, 5.41) is 7.44. The van der Waals surface area contributed by atoms with Gasteiger partial charge in [0.1, 0.15) is 5.75 Å². The van der Waals surface area contributed by atoms with Crippen LogP contribution in [-0.2, 0) is 4.79 Å². The summed E-state index contributed by atoms with van der Waals surface area (Å²) in [5.74, 6) is 0.398. The predicted octanol–water partition coefficient (Wildman–Crippen LogP) is 6.81. The van der Waals surface area contributed by atoms with Gasteiger partial charge in [-0.05, 0) is 89.3 Å². The van der Waals surface area contributed by atoms with Gasteiger partial charge in [-0.1, -0.05) is 89.7 Å². The number of nitrogens with one attached hydrogen (secondary N) is 1. The van der Waals surface area contributed by atoms with Gasteiger partial charge in [-0.15, -0.1) is 0 Å². The smallest absolute Gasteiger partial charge is 0.271 e. The molecule has 7 heteroatoms. The van der Waals surface area contributed by atoms with E-state index in [4.69, 9.17) is 9.73 Å².